The van der Waals surface area contributed by atoms with E-state index in [4.69, 9.17) is 10.5 Å². The molecule has 0 amide bonds. The molecule has 5 heteroatoms. The van der Waals surface area contributed by atoms with Gasteiger partial charge >= 0.3 is 0 Å². The van der Waals surface area contributed by atoms with Gasteiger partial charge in [0.05, 0.1) is 12.3 Å². The van der Waals surface area contributed by atoms with E-state index in [1.54, 1.807) is 0 Å². The van der Waals surface area contributed by atoms with Gasteiger partial charge in [0.2, 0.25) is 5.88 Å². The van der Waals surface area contributed by atoms with Crippen LogP contribution in [-0.4, -0.2) is 50.2 Å². The van der Waals surface area contributed by atoms with Crippen molar-refractivity contribution in [2.24, 2.45) is 0 Å². The SMILES string of the molecule is CCOc1nc(N(CC)CCCN(C)C)ccc1N. The van der Waals surface area contributed by atoms with E-state index in [9.17, 15) is 0 Å². The van der Waals surface area contributed by atoms with Crippen molar-refractivity contribution in [1.82, 2.24) is 9.88 Å². The maximum Gasteiger partial charge on any atom is 0.239 e. The molecule has 5 nitrogen and oxygen atoms in total. The lowest BCUT2D eigenvalue weighted by atomic mass is 10.3. The van der Waals surface area contributed by atoms with Gasteiger partial charge in [-0.3, -0.25) is 0 Å². The number of anilines is 2. The highest BCUT2D eigenvalue weighted by atomic mass is 16.5. The van der Waals surface area contributed by atoms with Crippen LogP contribution >= 0.6 is 0 Å². The summed E-state index contributed by atoms with van der Waals surface area (Å²) in [5, 5.41) is 0. The van der Waals surface area contributed by atoms with Crippen molar-refractivity contribution >= 4 is 11.5 Å². The Labute approximate surface area is 116 Å². The fourth-order valence-electron chi connectivity index (χ4n) is 1.88. The van der Waals surface area contributed by atoms with Gasteiger partial charge in [0.1, 0.15) is 5.82 Å². The first-order chi connectivity index (χ1) is 9.08. The molecule has 0 aromatic carbocycles. The van der Waals surface area contributed by atoms with Gasteiger partial charge in [-0.25, -0.2) is 0 Å². The summed E-state index contributed by atoms with van der Waals surface area (Å²) < 4.78 is 5.44. The first kappa shape index (κ1) is 15.6. The molecule has 1 heterocycles. The van der Waals surface area contributed by atoms with Gasteiger partial charge < -0.3 is 20.3 Å². The Morgan fingerprint density at radius 3 is 2.53 bits per heavy atom. The third kappa shape index (κ3) is 4.95. The topological polar surface area (TPSA) is 54.6 Å². The van der Waals surface area contributed by atoms with Crippen LogP contribution in [0.2, 0.25) is 0 Å². The number of rotatable bonds is 8. The smallest absolute Gasteiger partial charge is 0.239 e. The van der Waals surface area contributed by atoms with Crippen LogP contribution in [0.4, 0.5) is 11.5 Å². The summed E-state index contributed by atoms with van der Waals surface area (Å²) in [6.45, 7) is 7.63. The van der Waals surface area contributed by atoms with Crippen LogP contribution in [0.15, 0.2) is 12.1 Å². The quantitative estimate of drug-likeness (QED) is 0.778. The van der Waals surface area contributed by atoms with Crippen LogP contribution in [0.1, 0.15) is 20.3 Å². The molecule has 0 bridgehead atoms. The Balaban J connectivity index is 2.71. The van der Waals surface area contributed by atoms with Crippen LogP contribution < -0.4 is 15.4 Å². The minimum absolute atomic E-state index is 0.533. The van der Waals surface area contributed by atoms with E-state index in [1.807, 2.05) is 19.1 Å². The molecule has 0 aliphatic carbocycles. The lowest BCUT2D eigenvalue weighted by molar-refractivity contribution is 0.329. The molecule has 1 aromatic rings. The summed E-state index contributed by atoms with van der Waals surface area (Å²) >= 11 is 0. The summed E-state index contributed by atoms with van der Waals surface area (Å²) in [4.78, 5) is 8.93. The maximum atomic E-state index is 5.84. The number of hydrogen-bond acceptors (Lipinski definition) is 5. The fourth-order valence-corrected chi connectivity index (χ4v) is 1.88. The van der Waals surface area contributed by atoms with Crippen LogP contribution in [-0.2, 0) is 0 Å². The fraction of sp³-hybridized carbons (Fsp3) is 0.643. The Bertz CT molecular complexity index is 382. The van der Waals surface area contributed by atoms with Crippen molar-refractivity contribution in [2.75, 3.05) is 51.0 Å². The number of nitrogen functional groups attached to an aromatic ring is 1. The third-order valence-corrected chi connectivity index (χ3v) is 2.90. The van der Waals surface area contributed by atoms with Crippen LogP contribution in [0.3, 0.4) is 0 Å². The molecule has 0 saturated carbocycles. The molecule has 1 aromatic heterocycles. The van der Waals surface area contributed by atoms with Crippen LogP contribution in [0.25, 0.3) is 0 Å². The van der Waals surface area contributed by atoms with Gasteiger partial charge in [-0.1, -0.05) is 0 Å². The Kier molecular flexibility index (Phi) is 6.42. The number of nitrogens with two attached hydrogens (primary N) is 1. The third-order valence-electron chi connectivity index (χ3n) is 2.90. The molecule has 0 spiro atoms. The first-order valence-corrected chi connectivity index (χ1v) is 6.87. The van der Waals surface area contributed by atoms with Gasteiger partial charge in [-0.2, -0.15) is 4.98 Å². The summed E-state index contributed by atoms with van der Waals surface area (Å²) in [7, 11) is 4.18. The maximum absolute atomic E-state index is 5.84. The van der Waals surface area contributed by atoms with E-state index in [2.05, 4.69) is 35.8 Å². The number of ether oxygens (including phenoxy) is 1. The van der Waals surface area contributed by atoms with E-state index < -0.39 is 0 Å². The van der Waals surface area contributed by atoms with Crippen molar-refractivity contribution in [3.05, 3.63) is 12.1 Å². The lowest BCUT2D eigenvalue weighted by Gasteiger charge is -2.23. The van der Waals surface area contributed by atoms with Gasteiger partial charge in [0.25, 0.3) is 0 Å². The highest BCUT2D eigenvalue weighted by Crippen LogP contribution is 2.23. The van der Waals surface area contributed by atoms with E-state index in [0.717, 1.165) is 31.9 Å². The summed E-state index contributed by atoms with van der Waals surface area (Å²) in [5.41, 5.74) is 6.44. The zero-order chi connectivity index (χ0) is 14.3. The average molecular weight is 266 g/mol. The van der Waals surface area contributed by atoms with Crippen LogP contribution in [0, 0.1) is 0 Å². The predicted octanol–water partition coefficient (Wildman–Crippen LogP) is 1.84. The number of pyridine rings is 1. The van der Waals surface area contributed by atoms with Crippen LogP contribution in [0.5, 0.6) is 5.88 Å². The minimum Gasteiger partial charge on any atom is -0.476 e. The minimum atomic E-state index is 0.533. The Morgan fingerprint density at radius 2 is 1.95 bits per heavy atom. The molecule has 108 valence electrons. The van der Waals surface area contributed by atoms with Gasteiger partial charge in [-0.15, -0.1) is 0 Å². The van der Waals surface area contributed by atoms with Gasteiger partial charge in [0.15, 0.2) is 0 Å². The Hall–Kier alpha value is -1.49. The molecule has 0 aliphatic heterocycles. The summed E-state index contributed by atoms with van der Waals surface area (Å²) in [5.74, 6) is 1.46. The molecular weight excluding hydrogens is 240 g/mol. The molecule has 2 N–H and O–H groups in total. The van der Waals surface area contributed by atoms with Crippen molar-refractivity contribution in [2.45, 2.75) is 20.3 Å². The predicted molar refractivity (Wildman–Crippen MR) is 80.9 cm³/mol. The normalized spacial score (nSPS) is 10.8. The standard InChI is InChI=1S/C14H26N4O/c1-5-18(11-7-10-17(3)4)13-9-8-12(15)14(16-13)19-6-2/h8-9H,5-7,10-11,15H2,1-4H3. The number of hydrogen-bond donors (Lipinski definition) is 1. The largest absolute Gasteiger partial charge is 0.476 e. The number of nitrogens with zero attached hydrogens (tertiary/aromatic N) is 3. The van der Waals surface area contributed by atoms with E-state index in [1.165, 1.54) is 0 Å². The van der Waals surface area contributed by atoms with Gasteiger partial charge in [-0.05, 0) is 53.0 Å². The molecule has 1 rings (SSSR count). The first-order valence-electron chi connectivity index (χ1n) is 6.87. The molecule has 0 fully saturated rings. The molecule has 0 radical (unpaired) electrons. The molecule has 0 aliphatic rings. The van der Waals surface area contributed by atoms with Crippen molar-refractivity contribution in [3.63, 3.8) is 0 Å². The van der Waals surface area contributed by atoms with E-state index in [0.29, 0.717) is 18.2 Å². The van der Waals surface area contributed by atoms with E-state index >= 15 is 0 Å². The van der Waals surface area contributed by atoms with Crippen molar-refractivity contribution in [3.8, 4) is 5.88 Å². The lowest BCUT2D eigenvalue weighted by Crippen LogP contribution is -2.27. The molecule has 0 unspecified atom stereocenters. The summed E-state index contributed by atoms with van der Waals surface area (Å²) in [6, 6.07) is 3.82. The molecule has 0 atom stereocenters. The number of aromatic nitrogens is 1. The van der Waals surface area contributed by atoms with Crippen molar-refractivity contribution in [1.29, 1.82) is 0 Å². The highest BCUT2D eigenvalue weighted by Gasteiger charge is 2.09. The zero-order valence-electron chi connectivity index (χ0n) is 12.5. The molecule has 0 saturated heterocycles. The average Bonchev–Trinajstić information content (AvgIpc) is 2.37. The summed E-state index contributed by atoms with van der Waals surface area (Å²) in [6.07, 6.45) is 1.11. The second kappa shape index (κ2) is 7.84. The molecular formula is C14H26N4O. The second-order valence-corrected chi connectivity index (χ2v) is 4.73. The highest BCUT2D eigenvalue weighted by molar-refractivity contribution is 5.54. The van der Waals surface area contributed by atoms with Crippen molar-refractivity contribution < 1.29 is 4.74 Å². The monoisotopic (exact) mass is 266 g/mol. The molecule has 19 heavy (non-hydrogen) atoms. The van der Waals surface area contributed by atoms with Gasteiger partial charge in [0, 0.05) is 13.1 Å². The zero-order valence-corrected chi connectivity index (χ0v) is 12.5. The second-order valence-electron chi connectivity index (χ2n) is 4.73. The van der Waals surface area contributed by atoms with E-state index in [-0.39, 0.29) is 0 Å². The Morgan fingerprint density at radius 1 is 1.21 bits per heavy atom.